The monoisotopic (exact) mass is 484 g/mol. The van der Waals surface area contributed by atoms with Gasteiger partial charge in [-0.2, -0.15) is 18.4 Å². The molecule has 0 radical (unpaired) electrons. The lowest BCUT2D eigenvalue weighted by Crippen LogP contribution is -2.32. The molecule has 3 heterocycles. The Morgan fingerprint density at radius 2 is 2.03 bits per heavy atom. The number of hydrogen-bond donors (Lipinski definition) is 2. The molecule has 35 heavy (non-hydrogen) atoms. The second-order valence-electron chi connectivity index (χ2n) is 7.67. The molecule has 4 rings (SSSR count). The third kappa shape index (κ3) is 5.64. The number of amides is 1. The molecule has 1 fully saturated rings. The first-order valence-corrected chi connectivity index (χ1v) is 10.5. The predicted octanol–water partition coefficient (Wildman–Crippen LogP) is 3.14. The highest BCUT2D eigenvalue weighted by Gasteiger charge is 2.32. The molecular weight excluding hydrogens is 465 g/mol. The Labute approximate surface area is 197 Å². The SMILES string of the molecule is N#Cc1cc(-c2ccnc(Nc3ccnc(C(F)(F)F)c3)n2)ccc1OC1CCN(C(=O)CO)C1. The Bertz CT molecular complexity index is 1280. The Morgan fingerprint density at radius 1 is 1.23 bits per heavy atom. The van der Waals surface area contributed by atoms with Crippen LogP contribution < -0.4 is 10.1 Å². The normalized spacial score (nSPS) is 15.5. The van der Waals surface area contributed by atoms with E-state index in [2.05, 4.69) is 26.3 Å². The topological polar surface area (TPSA) is 124 Å². The standard InChI is InChI=1S/C23H19F3N6O3/c24-23(25,26)20-10-16(3-6-28-20)30-22-29-7-4-18(31-22)14-1-2-19(15(9-14)11-27)35-17-5-8-32(12-17)21(34)13-33/h1-4,6-7,9-10,17,33H,5,8,12-13H2,(H,28,29,30,31). The van der Waals surface area contributed by atoms with Crippen molar-refractivity contribution in [3.8, 4) is 23.1 Å². The fourth-order valence-electron chi connectivity index (χ4n) is 3.58. The van der Waals surface area contributed by atoms with Crippen molar-refractivity contribution >= 4 is 17.5 Å². The number of halogens is 3. The minimum atomic E-state index is -4.58. The molecular formula is C23H19F3N6O3. The Kier molecular flexibility index (Phi) is 6.79. The molecule has 9 nitrogen and oxygen atoms in total. The molecule has 0 aliphatic carbocycles. The van der Waals surface area contributed by atoms with Crippen molar-refractivity contribution in [3.05, 3.63) is 60.0 Å². The van der Waals surface area contributed by atoms with Crippen LogP contribution in [0.15, 0.2) is 48.8 Å². The highest BCUT2D eigenvalue weighted by atomic mass is 19.4. The molecule has 180 valence electrons. The van der Waals surface area contributed by atoms with Gasteiger partial charge in [-0.25, -0.2) is 9.97 Å². The number of pyridine rings is 1. The molecule has 3 aromatic rings. The average molecular weight is 484 g/mol. The second-order valence-corrected chi connectivity index (χ2v) is 7.67. The number of ether oxygens (including phenoxy) is 1. The number of alkyl halides is 3. The number of nitrogens with zero attached hydrogens (tertiary/aromatic N) is 5. The number of benzene rings is 1. The lowest BCUT2D eigenvalue weighted by atomic mass is 10.1. The maximum absolute atomic E-state index is 12.9. The van der Waals surface area contributed by atoms with Gasteiger partial charge in [0.05, 0.1) is 17.8 Å². The van der Waals surface area contributed by atoms with E-state index < -0.39 is 18.5 Å². The fraction of sp³-hybridized carbons (Fsp3) is 0.261. The number of nitrogens with one attached hydrogen (secondary N) is 1. The minimum Gasteiger partial charge on any atom is -0.487 e. The molecule has 0 spiro atoms. The molecule has 12 heteroatoms. The van der Waals surface area contributed by atoms with Crippen molar-refractivity contribution in [1.82, 2.24) is 19.9 Å². The number of aliphatic hydroxyl groups is 1. The van der Waals surface area contributed by atoms with Gasteiger partial charge in [0.15, 0.2) is 0 Å². The van der Waals surface area contributed by atoms with Gasteiger partial charge >= 0.3 is 6.18 Å². The first kappa shape index (κ1) is 23.9. The van der Waals surface area contributed by atoms with Gasteiger partial charge in [0.25, 0.3) is 0 Å². The van der Waals surface area contributed by atoms with Crippen LogP contribution in [-0.4, -0.2) is 56.7 Å². The summed E-state index contributed by atoms with van der Waals surface area (Å²) in [5.74, 6) is 0.0465. The van der Waals surface area contributed by atoms with Gasteiger partial charge in [0.2, 0.25) is 11.9 Å². The summed E-state index contributed by atoms with van der Waals surface area (Å²) in [6, 6.07) is 10.8. The number of aliphatic hydroxyl groups excluding tert-OH is 1. The molecule has 1 atom stereocenters. The van der Waals surface area contributed by atoms with E-state index in [4.69, 9.17) is 9.84 Å². The van der Waals surface area contributed by atoms with Gasteiger partial charge in [-0.15, -0.1) is 0 Å². The number of anilines is 2. The molecule has 1 aromatic carbocycles. The minimum absolute atomic E-state index is 0.0697. The summed E-state index contributed by atoms with van der Waals surface area (Å²) in [6.45, 7) is 0.214. The van der Waals surface area contributed by atoms with Crippen molar-refractivity contribution < 1.29 is 27.8 Å². The van der Waals surface area contributed by atoms with Crippen LogP contribution in [0.1, 0.15) is 17.7 Å². The third-order valence-electron chi connectivity index (χ3n) is 5.28. The summed E-state index contributed by atoms with van der Waals surface area (Å²) in [5.41, 5.74) is 0.353. The maximum Gasteiger partial charge on any atom is 0.433 e. The molecule has 2 aromatic heterocycles. The van der Waals surface area contributed by atoms with E-state index in [0.29, 0.717) is 36.5 Å². The molecule has 1 amide bonds. The van der Waals surface area contributed by atoms with Crippen molar-refractivity contribution in [3.63, 3.8) is 0 Å². The summed E-state index contributed by atoms with van der Waals surface area (Å²) in [4.78, 5) is 24.8. The van der Waals surface area contributed by atoms with E-state index in [1.54, 1.807) is 24.3 Å². The molecule has 0 saturated carbocycles. The van der Waals surface area contributed by atoms with Crippen LogP contribution in [0.25, 0.3) is 11.3 Å². The summed E-state index contributed by atoms with van der Waals surface area (Å²) in [6.07, 6.45) is -1.83. The number of likely N-dealkylation sites (tertiary alicyclic amines) is 1. The number of rotatable bonds is 6. The number of hydrogen-bond acceptors (Lipinski definition) is 8. The quantitative estimate of drug-likeness (QED) is 0.547. The third-order valence-corrected chi connectivity index (χ3v) is 5.28. The smallest absolute Gasteiger partial charge is 0.433 e. The highest BCUT2D eigenvalue weighted by molar-refractivity contribution is 5.77. The zero-order valence-corrected chi connectivity index (χ0v) is 18.2. The van der Waals surface area contributed by atoms with Crippen molar-refractivity contribution in [2.24, 2.45) is 0 Å². The number of nitriles is 1. The zero-order chi connectivity index (χ0) is 25.0. The van der Waals surface area contributed by atoms with Gasteiger partial charge in [0.1, 0.15) is 30.2 Å². The molecule has 1 saturated heterocycles. The molecule has 0 bridgehead atoms. The van der Waals surface area contributed by atoms with Crippen LogP contribution in [0.2, 0.25) is 0 Å². The Hall–Kier alpha value is -4.24. The summed E-state index contributed by atoms with van der Waals surface area (Å²) in [7, 11) is 0. The van der Waals surface area contributed by atoms with Crippen molar-refractivity contribution in [2.75, 3.05) is 25.0 Å². The van der Waals surface area contributed by atoms with E-state index >= 15 is 0 Å². The first-order chi connectivity index (χ1) is 16.8. The highest BCUT2D eigenvalue weighted by Crippen LogP contribution is 2.30. The predicted molar refractivity (Wildman–Crippen MR) is 117 cm³/mol. The van der Waals surface area contributed by atoms with E-state index in [9.17, 15) is 23.2 Å². The summed E-state index contributed by atoms with van der Waals surface area (Å²) >= 11 is 0. The molecule has 2 N–H and O–H groups in total. The molecule has 1 unspecified atom stereocenters. The average Bonchev–Trinajstić information content (AvgIpc) is 3.32. The van der Waals surface area contributed by atoms with E-state index in [1.165, 1.54) is 17.2 Å². The fourth-order valence-corrected chi connectivity index (χ4v) is 3.58. The van der Waals surface area contributed by atoms with Crippen LogP contribution in [-0.2, 0) is 11.0 Å². The van der Waals surface area contributed by atoms with Gasteiger partial charge < -0.3 is 20.1 Å². The lowest BCUT2D eigenvalue weighted by Gasteiger charge is -2.17. The summed E-state index contributed by atoms with van der Waals surface area (Å²) < 4.78 is 44.6. The van der Waals surface area contributed by atoms with Crippen LogP contribution in [0.4, 0.5) is 24.8 Å². The van der Waals surface area contributed by atoms with Gasteiger partial charge in [0, 0.05) is 36.6 Å². The zero-order valence-electron chi connectivity index (χ0n) is 18.2. The van der Waals surface area contributed by atoms with Gasteiger partial charge in [-0.1, -0.05) is 0 Å². The van der Waals surface area contributed by atoms with Gasteiger partial charge in [-0.3, -0.25) is 9.78 Å². The van der Waals surface area contributed by atoms with Crippen LogP contribution >= 0.6 is 0 Å². The van der Waals surface area contributed by atoms with E-state index in [0.717, 1.165) is 12.3 Å². The number of aromatic nitrogens is 3. The van der Waals surface area contributed by atoms with E-state index in [1.807, 2.05) is 0 Å². The second kappa shape index (κ2) is 9.94. The largest absolute Gasteiger partial charge is 0.487 e. The molecule has 1 aliphatic rings. The Balaban J connectivity index is 1.51. The van der Waals surface area contributed by atoms with Crippen LogP contribution in [0.3, 0.4) is 0 Å². The van der Waals surface area contributed by atoms with E-state index in [-0.39, 0.29) is 29.2 Å². The number of carbonyl (C=O) groups excluding carboxylic acids is 1. The van der Waals surface area contributed by atoms with Gasteiger partial charge in [-0.05, 0) is 36.4 Å². The van der Waals surface area contributed by atoms with Crippen LogP contribution in [0, 0.1) is 11.3 Å². The van der Waals surface area contributed by atoms with Crippen LogP contribution in [0.5, 0.6) is 5.75 Å². The Morgan fingerprint density at radius 3 is 2.77 bits per heavy atom. The number of carbonyl (C=O) groups is 1. The first-order valence-electron chi connectivity index (χ1n) is 10.5. The van der Waals surface area contributed by atoms with Crippen molar-refractivity contribution in [1.29, 1.82) is 5.26 Å². The molecule has 1 aliphatic heterocycles. The lowest BCUT2D eigenvalue weighted by molar-refractivity contribution is -0.141. The van der Waals surface area contributed by atoms with Crippen molar-refractivity contribution in [2.45, 2.75) is 18.7 Å². The maximum atomic E-state index is 12.9. The summed E-state index contributed by atoms with van der Waals surface area (Å²) in [5, 5.41) is 21.3.